The summed E-state index contributed by atoms with van der Waals surface area (Å²) in [4.78, 5) is 21.1. The van der Waals surface area contributed by atoms with Gasteiger partial charge in [-0.2, -0.15) is 0 Å². The van der Waals surface area contributed by atoms with Crippen LogP contribution >= 0.6 is 0 Å². The molecule has 0 spiro atoms. The van der Waals surface area contributed by atoms with Crippen LogP contribution in [0.2, 0.25) is 0 Å². The van der Waals surface area contributed by atoms with Crippen LogP contribution in [0.3, 0.4) is 0 Å². The molecule has 1 aromatic carbocycles. The lowest BCUT2D eigenvalue weighted by Gasteiger charge is -2.11. The Labute approximate surface area is 128 Å². The second-order valence-electron chi connectivity index (χ2n) is 5.67. The zero-order chi connectivity index (χ0) is 15.9. The van der Waals surface area contributed by atoms with Crippen molar-refractivity contribution in [2.24, 2.45) is 0 Å². The average molecular weight is 319 g/mol. The lowest BCUT2D eigenvalue weighted by atomic mass is 10.1. The molecule has 2 heterocycles. The molecule has 1 atom stereocenters. The molecule has 1 amide bonds. The minimum absolute atomic E-state index is 0.0183. The van der Waals surface area contributed by atoms with Crippen LogP contribution in [-0.4, -0.2) is 41.8 Å². The number of nitrogens with zero attached hydrogens (tertiary/aromatic N) is 2. The monoisotopic (exact) mass is 319 g/mol. The van der Waals surface area contributed by atoms with Gasteiger partial charge in [0.2, 0.25) is 0 Å². The van der Waals surface area contributed by atoms with Crippen molar-refractivity contribution in [2.45, 2.75) is 26.3 Å². The Bertz CT molecular complexity index is 862. The highest BCUT2D eigenvalue weighted by molar-refractivity contribution is 7.91. The number of aromatic nitrogens is 2. The summed E-state index contributed by atoms with van der Waals surface area (Å²) < 4.78 is 22.9. The van der Waals surface area contributed by atoms with E-state index < -0.39 is 9.84 Å². The number of rotatable bonds is 2. The lowest BCUT2D eigenvalue weighted by molar-refractivity contribution is 0.0941. The van der Waals surface area contributed by atoms with Crippen LogP contribution in [0.4, 0.5) is 0 Å². The number of hydrogen-bond acceptors (Lipinski definition) is 5. The minimum atomic E-state index is -3.01. The predicted molar refractivity (Wildman–Crippen MR) is 83.5 cm³/mol. The van der Waals surface area contributed by atoms with Gasteiger partial charge < -0.3 is 5.32 Å². The first-order chi connectivity index (χ1) is 10.3. The van der Waals surface area contributed by atoms with E-state index in [1.165, 1.54) is 0 Å². The van der Waals surface area contributed by atoms with Crippen molar-refractivity contribution in [1.82, 2.24) is 15.3 Å². The van der Waals surface area contributed by atoms with Crippen molar-refractivity contribution in [3.05, 3.63) is 35.2 Å². The molecule has 1 saturated heterocycles. The second-order valence-corrected chi connectivity index (χ2v) is 7.90. The van der Waals surface area contributed by atoms with Gasteiger partial charge in [-0.15, -0.1) is 0 Å². The smallest absolute Gasteiger partial charge is 0.251 e. The number of nitrogens with one attached hydrogen (secondary N) is 1. The van der Waals surface area contributed by atoms with Gasteiger partial charge in [0.1, 0.15) is 0 Å². The molecular formula is C15H17N3O3S. The topological polar surface area (TPSA) is 89.0 Å². The molecule has 1 aromatic heterocycles. The van der Waals surface area contributed by atoms with Crippen LogP contribution in [0.5, 0.6) is 0 Å². The first-order valence-corrected chi connectivity index (χ1v) is 8.92. The van der Waals surface area contributed by atoms with E-state index in [1.54, 1.807) is 18.2 Å². The maximum absolute atomic E-state index is 12.3. The van der Waals surface area contributed by atoms with E-state index >= 15 is 0 Å². The van der Waals surface area contributed by atoms with Gasteiger partial charge in [0.05, 0.1) is 33.9 Å². The summed E-state index contributed by atoms with van der Waals surface area (Å²) in [5.41, 5.74) is 3.56. The maximum Gasteiger partial charge on any atom is 0.251 e. The molecule has 22 heavy (non-hydrogen) atoms. The summed E-state index contributed by atoms with van der Waals surface area (Å²) in [6, 6.07) is 4.83. The third-order valence-corrected chi connectivity index (χ3v) is 5.67. The summed E-state index contributed by atoms with van der Waals surface area (Å²) in [5.74, 6) is -0.117. The highest BCUT2D eigenvalue weighted by Gasteiger charge is 2.29. The molecule has 1 fully saturated rings. The molecular weight excluding hydrogens is 302 g/mol. The Balaban J connectivity index is 1.84. The van der Waals surface area contributed by atoms with Crippen LogP contribution in [0, 0.1) is 13.8 Å². The first-order valence-electron chi connectivity index (χ1n) is 7.10. The van der Waals surface area contributed by atoms with Gasteiger partial charge in [0.25, 0.3) is 5.91 Å². The zero-order valence-electron chi connectivity index (χ0n) is 12.5. The average Bonchev–Trinajstić information content (AvgIpc) is 2.78. The van der Waals surface area contributed by atoms with Crippen LogP contribution in [0.1, 0.15) is 28.2 Å². The van der Waals surface area contributed by atoms with E-state index in [4.69, 9.17) is 0 Å². The van der Waals surface area contributed by atoms with E-state index in [-0.39, 0.29) is 23.5 Å². The zero-order valence-corrected chi connectivity index (χ0v) is 13.3. The number of carbonyl (C=O) groups is 1. The Kier molecular flexibility index (Phi) is 3.60. The van der Waals surface area contributed by atoms with Gasteiger partial charge in [-0.25, -0.2) is 18.4 Å². The molecule has 1 aliphatic heterocycles. The Morgan fingerprint density at radius 3 is 2.50 bits per heavy atom. The van der Waals surface area contributed by atoms with Gasteiger partial charge in [-0.1, -0.05) is 0 Å². The minimum Gasteiger partial charge on any atom is -0.348 e. The fourth-order valence-corrected chi connectivity index (χ4v) is 4.22. The predicted octanol–water partition coefficient (Wildman–Crippen LogP) is 1.16. The molecule has 0 unspecified atom stereocenters. The lowest BCUT2D eigenvalue weighted by Crippen LogP contribution is -2.35. The van der Waals surface area contributed by atoms with E-state index in [1.807, 2.05) is 13.8 Å². The third-order valence-electron chi connectivity index (χ3n) is 3.91. The van der Waals surface area contributed by atoms with Gasteiger partial charge in [-0.05, 0) is 38.5 Å². The number of benzene rings is 1. The van der Waals surface area contributed by atoms with Crippen LogP contribution in [-0.2, 0) is 9.84 Å². The highest BCUT2D eigenvalue weighted by atomic mass is 32.2. The molecule has 0 bridgehead atoms. The first kappa shape index (κ1) is 14.9. The number of hydrogen-bond donors (Lipinski definition) is 1. The van der Waals surface area contributed by atoms with Crippen LogP contribution in [0.15, 0.2) is 18.2 Å². The molecule has 1 N–H and O–H groups in total. The number of sulfone groups is 1. The number of amides is 1. The SMILES string of the molecule is Cc1nc2ccc(C(=O)N[C@H]3CCS(=O)(=O)C3)cc2nc1C. The van der Waals surface area contributed by atoms with Gasteiger partial charge >= 0.3 is 0 Å². The van der Waals surface area contributed by atoms with E-state index in [2.05, 4.69) is 15.3 Å². The molecule has 116 valence electrons. The Morgan fingerprint density at radius 1 is 1.18 bits per heavy atom. The molecule has 0 aliphatic carbocycles. The van der Waals surface area contributed by atoms with Crippen molar-refractivity contribution in [3.63, 3.8) is 0 Å². The fraction of sp³-hybridized carbons (Fsp3) is 0.400. The second kappa shape index (κ2) is 5.31. The maximum atomic E-state index is 12.3. The van der Waals surface area contributed by atoms with Gasteiger partial charge in [0, 0.05) is 11.6 Å². The van der Waals surface area contributed by atoms with Crippen LogP contribution < -0.4 is 5.32 Å². The van der Waals surface area contributed by atoms with E-state index in [0.717, 1.165) is 16.9 Å². The largest absolute Gasteiger partial charge is 0.348 e. The normalized spacial score (nSPS) is 20.2. The van der Waals surface area contributed by atoms with Crippen molar-refractivity contribution in [1.29, 1.82) is 0 Å². The summed E-state index contributed by atoms with van der Waals surface area (Å²) in [7, 11) is -3.01. The Morgan fingerprint density at radius 2 is 1.86 bits per heavy atom. The van der Waals surface area contributed by atoms with Crippen molar-refractivity contribution in [3.8, 4) is 0 Å². The van der Waals surface area contributed by atoms with Crippen molar-refractivity contribution < 1.29 is 13.2 Å². The molecule has 0 radical (unpaired) electrons. The highest BCUT2D eigenvalue weighted by Crippen LogP contribution is 2.16. The van der Waals surface area contributed by atoms with Gasteiger partial charge in [-0.3, -0.25) is 4.79 Å². The van der Waals surface area contributed by atoms with Crippen molar-refractivity contribution >= 4 is 26.8 Å². The molecule has 6 nitrogen and oxygen atoms in total. The number of carbonyl (C=O) groups excluding carboxylic acids is 1. The molecule has 7 heteroatoms. The summed E-state index contributed by atoms with van der Waals surface area (Å²) >= 11 is 0. The summed E-state index contributed by atoms with van der Waals surface area (Å²) in [5, 5.41) is 2.78. The van der Waals surface area contributed by atoms with Gasteiger partial charge in [0.15, 0.2) is 9.84 Å². The third kappa shape index (κ3) is 2.94. The number of fused-ring (bicyclic) bond motifs is 1. The molecule has 1 aliphatic rings. The molecule has 0 saturated carbocycles. The quantitative estimate of drug-likeness (QED) is 0.897. The molecule has 3 rings (SSSR count). The molecule has 2 aromatic rings. The fourth-order valence-electron chi connectivity index (χ4n) is 2.55. The number of aryl methyl sites for hydroxylation is 2. The standard InChI is InChI=1S/C15H17N3O3S/c1-9-10(2)17-14-7-11(3-4-13(14)16-9)15(19)18-12-5-6-22(20,21)8-12/h3-4,7,12H,5-6,8H2,1-2H3,(H,18,19)/t12-/m0/s1. The van der Waals surface area contributed by atoms with Crippen LogP contribution in [0.25, 0.3) is 11.0 Å². The van der Waals surface area contributed by atoms with Crippen molar-refractivity contribution in [2.75, 3.05) is 11.5 Å². The van der Waals surface area contributed by atoms with E-state index in [9.17, 15) is 13.2 Å². The van der Waals surface area contributed by atoms with E-state index in [0.29, 0.717) is 17.5 Å². The summed E-state index contributed by atoms with van der Waals surface area (Å²) in [6.45, 7) is 3.76. The summed E-state index contributed by atoms with van der Waals surface area (Å²) in [6.07, 6.45) is 0.472. The Hall–Kier alpha value is -2.02.